The number of amides is 3. The van der Waals surface area contributed by atoms with Crippen LogP contribution in [-0.4, -0.2) is 16.8 Å². The summed E-state index contributed by atoms with van der Waals surface area (Å²) in [7, 11) is 0. The summed E-state index contributed by atoms with van der Waals surface area (Å²) in [5.74, 6) is -0.324. The van der Waals surface area contributed by atoms with Gasteiger partial charge in [0.25, 0.3) is 5.91 Å². The van der Waals surface area contributed by atoms with Crippen LogP contribution in [0.4, 0.5) is 4.79 Å². The standard InChI is InChI=1S/C22H17N3O2/c1-22(18-10-4-6-15(12-18)13-23)20(26)25(21(27)24-22)14-17-9-5-8-16-7-2-3-11-19(16)17/h2-12H,14H2,1H3,(H,24,27). The van der Waals surface area contributed by atoms with E-state index in [1.807, 2.05) is 42.5 Å². The molecule has 132 valence electrons. The van der Waals surface area contributed by atoms with Gasteiger partial charge >= 0.3 is 6.03 Å². The molecular formula is C22H17N3O2. The van der Waals surface area contributed by atoms with Gasteiger partial charge in [-0.15, -0.1) is 0 Å². The van der Waals surface area contributed by atoms with Gasteiger partial charge in [0.1, 0.15) is 5.54 Å². The number of urea groups is 1. The predicted molar refractivity (Wildman–Crippen MR) is 102 cm³/mol. The summed E-state index contributed by atoms with van der Waals surface area (Å²) in [4.78, 5) is 27.0. The van der Waals surface area contributed by atoms with Crippen molar-refractivity contribution in [3.8, 4) is 6.07 Å². The minimum atomic E-state index is -1.19. The van der Waals surface area contributed by atoms with Gasteiger partial charge in [-0.05, 0) is 41.0 Å². The lowest BCUT2D eigenvalue weighted by atomic mass is 9.91. The van der Waals surface area contributed by atoms with Crippen molar-refractivity contribution in [3.63, 3.8) is 0 Å². The van der Waals surface area contributed by atoms with E-state index in [1.165, 1.54) is 4.90 Å². The number of hydrogen-bond acceptors (Lipinski definition) is 3. The molecule has 27 heavy (non-hydrogen) atoms. The Labute approximate surface area is 156 Å². The normalized spacial score (nSPS) is 19.2. The molecule has 0 saturated carbocycles. The zero-order chi connectivity index (χ0) is 19.0. The van der Waals surface area contributed by atoms with Crippen molar-refractivity contribution >= 4 is 22.7 Å². The van der Waals surface area contributed by atoms with E-state index in [2.05, 4.69) is 11.4 Å². The van der Waals surface area contributed by atoms with Gasteiger partial charge < -0.3 is 5.32 Å². The second-order valence-electron chi connectivity index (χ2n) is 6.78. The van der Waals surface area contributed by atoms with Crippen molar-refractivity contribution in [1.82, 2.24) is 10.2 Å². The molecular weight excluding hydrogens is 338 g/mol. The molecule has 3 aromatic rings. The number of nitriles is 1. The van der Waals surface area contributed by atoms with E-state index in [9.17, 15) is 9.59 Å². The molecule has 5 nitrogen and oxygen atoms in total. The van der Waals surface area contributed by atoms with Crippen LogP contribution >= 0.6 is 0 Å². The van der Waals surface area contributed by atoms with Crippen LogP contribution in [-0.2, 0) is 16.9 Å². The monoisotopic (exact) mass is 355 g/mol. The third-order valence-corrected chi connectivity index (χ3v) is 5.05. The largest absolute Gasteiger partial charge is 0.325 e. The average Bonchev–Trinajstić information content (AvgIpc) is 2.92. The van der Waals surface area contributed by atoms with Crippen LogP contribution in [0.1, 0.15) is 23.6 Å². The smallest absolute Gasteiger partial charge is 0.319 e. The molecule has 1 aliphatic rings. The number of nitrogens with zero attached hydrogens (tertiary/aromatic N) is 2. The van der Waals surface area contributed by atoms with Crippen LogP contribution in [0.25, 0.3) is 10.8 Å². The van der Waals surface area contributed by atoms with Crippen molar-refractivity contribution in [2.45, 2.75) is 19.0 Å². The molecule has 0 aromatic heterocycles. The predicted octanol–water partition coefficient (Wildman–Crippen LogP) is 3.68. The van der Waals surface area contributed by atoms with E-state index in [-0.39, 0.29) is 12.5 Å². The van der Waals surface area contributed by atoms with E-state index in [1.54, 1.807) is 31.2 Å². The maximum atomic E-state index is 13.1. The number of carbonyl (C=O) groups excluding carboxylic acids is 2. The lowest BCUT2D eigenvalue weighted by Gasteiger charge is -2.22. The van der Waals surface area contributed by atoms with Crippen LogP contribution in [0.3, 0.4) is 0 Å². The fourth-order valence-electron chi connectivity index (χ4n) is 3.54. The fraction of sp³-hybridized carbons (Fsp3) is 0.136. The Hall–Kier alpha value is -3.65. The number of imide groups is 1. The van der Waals surface area contributed by atoms with Crippen LogP contribution < -0.4 is 5.32 Å². The van der Waals surface area contributed by atoms with Crippen LogP contribution in [0.2, 0.25) is 0 Å². The SMILES string of the molecule is CC1(c2cccc(C#N)c2)NC(=O)N(Cc2cccc3ccccc23)C1=O. The first-order chi connectivity index (χ1) is 13.0. The molecule has 3 amide bonds. The topological polar surface area (TPSA) is 73.2 Å². The molecule has 1 fully saturated rings. The molecule has 4 rings (SSSR count). The molecule has 1 unspecified atom stereocenters. The quantitative estimate of drug-likeness (QED) is 0.729. The summed E-state index contributed by atoms with van der Waals surface area (Å²) in [6, 6.07) is 22.1. The number of hydrogen-bond donors (Lipinski definition) is 1. The summed E-state index contributed by atoms with van der Waals surface area (Å²) in [5, 5.41) is 14.0. The third-order valence-electron chi connectivity index (χ3n) is 5.05. The third kappa shape index (κ3) is 2.72. The highest BCUT2D eigenvalue weighted by atomic mass is 16.2. The van der Waals surface area contributed by atoms with E-state index >= 15 is 0 Å². The number of carbonyl (C=O) groups is 2. The summed E-state index contributed by atoms with van der Waals surface area (Å²) >= 11 is 0. The van der Waals surface area contributed by atoms with Crippen molar-refractivity contribution in [2.24, 2.45) is 0 Å². The lowest BCUT2D eigenvalue weighted by molar-refractivity contribution is -0.131. The minimum absolute atomic E-state index is 0.194. The Bertz CT molecular complexity index is 1110. The molecule has 0 bridgehead atoms. The zero-order valence-corrected chi connectivity index (χ0v) is 14.8. The van der Waals surface area contributed by atoms with Gasteiger partial charge in [0.15, 0.2) is 0 Å². The Morgan fingerprint density at radius 1 is 1.04 bits per heavy atom. The van der Waals surface area contributed by atoms with E-state index in [4.69, 9.17) is 5.26 Å². The first-order valence-electron chi connectivity index (χ1n) is 8.64. The second kappa shape index (κ2) is 6.26. The van der Waals surface area contributed by atoms with E-state index in [0.717, 1.165) is 16.3 Å². The molecule has 1 N–H and O–H groups in total. The molecule has 5 heteroatoms. The van der Waals surface area contributed by atoms with E-state index < -0.39 is 11.6 Å². The number of fused-ring (bicyclic) bond motifs is 1. The summed E-state index contributed by atoms with van der Waals surface area (Å²) in [6.07, 6.45) is 0. The highest BCUT2D eigenvalue weighted by molar-refractivity contribution is 6.07. The van der Waals surface area contributed by atoms with Crippen molar-refractivity contribution < 1.29 is 9.59 Å². The minimum Gasteiger partial charge on any atom is -0.319 e. The van der Waals surface area contributed by atoms with Gasteiger partial charge in [-0.25, -0.2) is 4.79 Å². The number of benzene rings is 3. The van der Waals surface area contributed by atoms with E-state index in [0.29, 0.717) is 11.1 Å². The van der Waals surface area contributed by atoms with Gasteiger partial charge in [-0.1, -0.05) is 54.6 Å². The van der Waals surface area contributed by atoms with Crippen LogP contribution in [0, 0.1) is 11.3 Å². The second-order valence-corrected chi connectivity index (χ2v) is 6.78. The fourth-order valence-corrected chi connectivity index (χ4v) is 3.54. The highest BCUT2D eigenvalue weighted by Crippen LogP contribution is 2.31. The first kappa shape index (κ1) is 16.8. The Balaban J connectivity index is 1.70. The maximum absolute atomic E-state index is 13.1. The maximum Gasteiger partial charge on any atom is 0.325 e. The average molecular weight is 355 g/mol. The Morgan fingerprint density at radius 3 is 2.59 bits per heavy atom. The summed E-state index contributed by atoms with van der Waals surface area (Å²) in [5.41, 5.74) is 0.768. The van der Waals surface area contributed by atoms with Gasteiger partial charge in [0, 0.05) is 0 Å². The van der Waals surface area contributed by atoms with Gasteiger partial charge in [0.05, 0.1) is 18.2 Å². The molecule has 1 saturated heterocycles. The number of rotatable bonds is 3. The van der Waals surface area contributed by atoms with Gasteiger partial charge in [-0.3, -0.25) is 9.69 Å². The molecule has 3 aromatic carbocycles. The molecule has 1 aliphatic heterocycles. The lowest BCUT2D eigenvalue weighted by Crippen LogP contribution is -2.40. The molecule has 1 heterocycles. The first-order valence-corrected chi connectivity index (χ1v) is 8.64. The summed E-state index contributed by atoms with van der Waals surface area (Å²) in [6.45, 7) is 1.87. The van der Waals surface area contributed by atoms with Gasteiger partial charge in [0.2, 0.25) is 0 Å². The van der Waals surface area contributed by atoms with Crippen molar-refractivity contribution in [2.75, 3.05) is 0 Å². The van der Waals surface area contributed by atoms with Crippen molar-refractivity contribution in [3.05, 3.63) is 83.4 Å². The molecule has 0 spiro atoms. The molecule has 0 radical (unpaired) electrons. The van der Waals surface area contributed by atoms with Crippen LogP contribution in [0.15, 0.2) is 66.7 Å². The summed E-state index contributed by atoms with van der Waals surface area (Å²) < 4.78 is 0. The van der Waals surface area contributed by atoms with Crippen LogP contribution in [0.5, 0.6) is 0 Å². The van der Waals surface area contributed by atoms with Crippen molar-refractivity contribution in [1.29, 1.82) is 5.26 Å². The Morgan fingerprint density at radius 2 is 1.78 bits per heavy atom. The Kier molecular flexibility index (Phi) is 3.89. The zero-order valence-electron chi connectivity index (χ0n) is 14.8. The highest BCUT2D eigenvalue weighted by Gasteiger charge is 2.49. The molecule has 0 aliphatic carbocycles. The van der Waals surface area contributed by atoms with Gasteiger partial charge in [-0.2, -0.15) is 5.26 Å². The number of nitrogens with one attached hydrogen (secondary N) is 1. The molecule has 1 atom stereocenters.